The topological polar surface area (TPSA) is 67.8 Å². The number of hydrogen-bond acceptors (Lipinski definition) is 5. The van der Waals surface area contributed by atoms with Gasteiger partial charge in [0.2, 0.25) is 5.91 Å². The quantitative estimate of drug-likeness (QED) is 0.820. The maximum atomic E-state index is 13.7. The second-order valence-electron chi connectivity index (χ2n) is 6.21. The van der Waals surface area contributed by atoms with Gasteiger partial charge in [-0.3, -0.25) is 14.6 Å². The first-order valence-electron chi connectivity index (χ1n) is 7.99. The van der Waals surface area contributed by atoms with Crippen LogP contribution < -0.4 is 5.32 Å². The molecule has 4 rings (SSSR count). The Labute approximate surface area is 151 Å². The molecule has 1 atom stereocenters. The molecule has 134 valence electrons. The number of aliphatic imine (C=N–C) groups is 1. The third kappa shape index (κ3) is 2.80. The molecule has 26 heavy (non-hydrogen) atoms. The lowest BCUT2D eigenvalue weighted by Gasteiger charge is -2.10. The van der Waals surface area contributed by atoms with Crippen LogP contribution in [-0.2, 0) is 27.2 Å². The number of anilines is 1. The van der Waals surface area contributed by atoms with Crippen molar-refractivity contribution < 1.29 is 23.1 Å². The Morgan fingerprint density at radius 1 is 1.27 bits per heavy atom. The zero-order chi connectivity index (χ0) is 18.4. The maximum Gasteiger partial charge on any atom is 0.309 e. The minimum atomic E-state index is -0.716. The first-order valence-corrected chi connectivity index (χ1v) is 8.81. The van der Waals surface area contributed by atoms with Crippen LogP contribution in [0.1, 0.15) is 21.6 Å². The number of hydrogen-bond donors (Lipinski definition) is 1. The van der Waals surface area contributed by atoms with Crippen molar-refractivity contribution in [3.05, 3.63) is 51.4 Å². The lowest BCUT2D eigenvalue weighted by molar-refractivity contribution is -0.145. The van der Waals surface area contributed by atoms with E-state index < -0.39 is 11.6 Å². The monoisotopic (exact) mass is 376 g/mol. The maximum absolute atomic E-state index is 13.7. The Bertz CT molecular complexity index is 947. The molecule has 1 amide bonds. The highest BCUT2D eigenvalue weighted by atomic mass is 32.1. The van der Waals surface area contributed by atoms with E-state index in [9.17, 15) is 18.4 Å². The van der Waals surface area contributed by atoms with E-state index in [1.54, 1.807) is 0 Å². The van der Waals surface area contributed by atoms with Crippen LogP contribution in [0, 0.1) is 17.6 Å². The zero-order valence-corrected chi connectivity index (χ0v) is 14.6. The fourth-order valence-electron chi connectivity index (χ4n) is 3.43. The van der Waals surface area contributed by atoms with Gasteiger partial charge in [0.05, 0.1) is 18.7 Å². The molecule has 1 aromatic carbocycles. The molecule has 0 fully saturated rings. The summed E-state index contributed by atoms with van der Waals surface area (Å²) in [4.78, 5) is 29.1. The predicted octanol–water partition coefficient (Wildman–Crippen LogP) is 2.70. The number of ether oxygens (including phenoxy) is 1. The van der Waals surface area contributed by atoms with Gasteiger partial charge in [-0.2, -0.15) is 0 Å². The minimum Gasteiger partial charge on any atom is -0.469 e. The summed E-state index contributed by atoms with van der Waals surface area (Å²) in [5.41, 5.74) is 2.15. The summed E-state index contributed by atoms with van der Waals surface area (Å²) in [6, 6.07) is 3.17. The second kappa shape index (κ2) is 6.28. The van der Waals surface area contributed by atoms with Crippen molar-refractivity contribution in [3.63, 3.8) is 0 Å². The molecule has 1 aromatic heterocycles. The molecule has 2 aromatic rings. The van der Waals surface area contributed by atoms with E-state index in [4.69, 9.17) is 4.74 Å². The van der Waals surface area contributed by atoms with Gasteiger partial charge in [-0.05, 0) is 30.5 Å². The highest BCUT2D eigenvalue weighted by molar-refractivity contribution is 7.17. The van der Waals surface area contributed by atoms with Crippen molar-refractivity contribution in [2.75, 3.05) is 19.0 Å². The van der Waals surface area contributed by atoms with Gasteiger partial charge in [0.1, 0.15) is 23.2 Å². The summed E-state index contributed by atoms with van der Waals surface area (Å²) in [7, 11) is 1.35. The molecule has 5 nitrogen and oxygen atoms in total. The predicted molar refractivity (Wildman–Crippen MR) is 92.7 cm³/mol. The number of nitrogens with zero attached hydrogens (tertiary/aromatic N) is 1. The fourth-order valence-corrected chi connectivity index (χ4v) is 4.76. The Morgan fingerprint density at radius 2 is 2.00 bits per heavy atom. The molecule has 0 bridgehead atoms. The van der Waals surface area contributed by atoms with Crippen LogP contribution in [0.25, 0.3) is 0 Å². The second-order valence-corrected chi connectivity index (χ2v) is 7.31. The largest absolute Gasteiger partial charge is 0.469 e. The van der Waals surface area contributed by atoms with Gasteiger partial charge >= 0.3 is 5.97 Å². The summed E-state index contributed by atoms with van der Waals surface area (Å²) in [6.07, 6.45) is 0.959. The normalized spacial score (nSPS) is 18.5. The van der Waals surface area contributed by atoms with Crippen molar-refractivity contribution in [2.45, 2.75) is 12.8 Å². The molecule has 1 N–H and O–H groups in total. The number of methoxy groups -OCH3 is 1. The fraction of sp³-hybridized carbons (Fsp3) is 0.278. The van der Waals surface area contributed by atoms with E-state index in [-0.39, 0.29) is 29.9 Å². The van der Waals surface area contributed by atoms with Gasteiger partial charge in [-0.1, -0.05) is 0 Å². The van der Waals surface area contributed by atoms with Crippen molar-refractivity contribution in [2.24, 2.45) is 10.9 Å². The SMILES string of the molecule is COC(=O)C1Cc2sc3c(c2C1)C(c1cc(F)cc(F)c1)=NCC(=O)N3. The minimum absolute atomic E-state index is 0.135. The molecule has 0 saturated heterocycles. The third-order valence-electron chi connectivity index (χ3n) is 4.51. The van der Waals surface area contributed by atoms with Crippen molar-refractivity contribution in [3.8, 4) is 0 Å². The highest BCUT2D eigenvalue weighted by Gasteiger charge is 2.36. The number of halogens is 2. The molecule has 8 heteroatoms. The Hall–Kier alpha value is -2.61. The number of esters is 1. The van der Waals surface area contributed by atoms with Crippen LogP contribution in [0.4, 0.5) is 13.8 Å². The van der Waals surface area contributed by atoms with Gasteiger partial charge in [-0.25, -0.2) is 8.78 Å². The van der Waals surface area contributed by atoms with Crippen molar-refractivity contribution in [1.82, 2.24) is 0 Å². The van der Waals surface area contributed by atoms with E-state index in [2.05, 4.69) is 10.3 Å². The van der Waals surface area contributed by atoms with Crippen LogP contribution in [-0.4, -0.2) is 31.2 Å². The standard InChI is InChI=1S/C18H14F2N2O3S/c1-25-18(24)9-4-12-13(5-9)26-17-15(12)16(21-7-14(23)22-17)8-2-10(19)6-11(20)3-8/h2-3,6,9H,4-5,7H2,1H3,(H,22,23). The summed E-state index contributed by atoms with van der Waals surface area (Å²) in [5.74, 6) is -2.31. The first kappa shape index (κ1) is 16.8. The number of benzene rings is 1. The summed E-state index contributed by atoms with van der Waals surface area (Å²) in [5, 5.41) is 3.40. The molecule has 2 heterocycles. The van der Waals surface area contributed by atoms with E-state index in [1.807, 2.05) is 0 Å². The van der Waals surface area contributed by atoms with Crippen LogP contribution in [0.2, 0.25) is 0 Å². The first-order chi connectivity index (χ1) is 12.5. The molecule has 2 aliphatic rings. The van der Waals surface area contributed by atoms with Crippen LogP contribution in [0.5, 0.6) is 0 Å². The highest BCUT2D eigenvalue weighted by Crippen LogP contribution is 2.43. The van der Waals surface area contributed by atoms with E-state index >= 15 is 0 Å². The number of nitrogens with one attached hydrogen (secondary N) is 1. The van der Waals surface area contributed by atoms with E-state index in [0.29, 0.717) is 29.1 Å². The van der Waals surface area contributed by atoms with Gasteiger partial charge in [0.15, 0.2) is 0 Å². The number of carbonyl (C=O) groups is 2. The lowest BCUT2D eigenvalue weighted by atomic mass is 9.97. The van der Waals surface area contributed by atoms with E-state index in [1.165, 1.54) is 30.6 Å². The molecular formula is C18H14F2N2O3S. The number of fused-ring (bicyclic) bond motifs is 3. The number of carbonyl (C=O) groups excluding carboxylic acids is 2. The van der Waals surface area contributed by atoms with Crippen LogP contribution >= 0.6 is 11.3 Å². The summed E-state index contributed by atoms with van der Waals surface area (Å²) < 4.78 is 32.3. The summed E-state index contributed by atoms with van der Waals surface area (Å²) in [6.45, 7) is -0.135. The average molecular weight is 376 g/mol. The molecule has 1 aliphatic carbocycles. The molecule has 0 radical (unpaired) electrons. The lowest BCUT2D eigenvalue weighted by Crippen LogP contribution is -2.17. The number of amides is 1. The smallest absolute Gasteiger partial charge is 0.309 e. The average Bonchev–Trinajstić information content (AvgIpc) is 3.07. The van der Waals surface area contributed by atoms with Crippen molar-refractivity contribution >= 4 is 33.9 Å². The molecule has 0 saturated carbocycles. The molecule has 1 unspecified atom stereocenters. The number of thiophene rings is 1. The van der Waals surface area contributed by atoms with Crippen molar-refractivity contribution in [1.29, 1.82) is 0 Å². The summed E-state index contributed by atoms with van der Waals surface area (Å²) >= 11 is 1.37. The van der Waals surface area contributed by atoms with Gasteiger partial charge in [0.25, 0.3) is 0 Å². The third-order valence-corrected chi connectivity index (χ3v) is 5.68. The zero-order valence-electron chi connectivity index (χ0n) is 13.8. The van der Waals surface area contributed by atoms with Crippen LogP contribution in [0.15, 0.2) is 23.2 Å². The van der Waals surface area contributed by atoms with Crippen LogP contribution in [0.3, 0.4) is 0 Å². The Balaban J connectivity index is 1.84. The number of rotatable bonds is 2. The molecule has 0 spiro atoms. The molecule has 1 aliphatic heterocycles. The van der Waals surface area contributed by atoms with Gasteiger partial charge in [0, 0.05) is 22.1 Å². The van der Waals surface area contributed by atoms with Gasteiger partial charge < -0.3 is 10.1 Å². The molecular weight excluding hydrogens is 362 g/mol. The Kier molecular flexibility index (Phi) is 4.07. The van der Waals surface area contributed by atoms with Gasteiger partial charge in [-0.15, -0.1) is 11.3 Å². The van der Waals surface area contributed by atoms with E-state index in [0.717, 1.165) is 16.5 Å². The Morgan fingerprint density at radius 3 is 2.69 bits per heavy atom.